The molecule has 0 fully saturated rings. The zero-order chi connectivity index (χ0) is 23.7. The molecule has 0 saturated heterocycles. The average molecular weight is 475 g/mol. The third-order valence-electron chi connectivity index (χ3n) is 6.66. The van der Waals surface area contributed by atoms with Crippen LogP contribution in [0.4, 0.5) is 0 Å². The zero-order valence-corrected chi connectivity index (χ0v) is 20.7. The molecule has 2 aromatic heterocycles. The van der Waals surface area contributed by atoms with Crippen LogP contribution in [0.5, 0.6) is 11.5 Å². The number of aryl methyl sites for hydroxylation is 1. The number of carbonyl (C=O) groups is 1. The van der Waals surface area contributed by atoms with Gasteiger partial charge in [0.15, 0.2) is 11.5 Å². The van der Waals surface area contributed by atoms with E-state index < -0.39 is 0 Å². The van der Waals surface area contributed by atoms with Gasteiger partial charge in [-0.2, -0.15) is 0 Å². The standard InChI is InChI=1S/C28H30N2O3S/c1-4-29-18-22(21-8-6-7-9-23(21)29)28(31)30-14-12-20-13-15-34-27(20)24(30)16-19-10-11-25(32-3)26(17-19)33-5-2/h6-11,13,15,17-18,24H,4-5,12,14,16H2,1-3H3. The summed E-state index contributed by atoms with van der Waals surface area (Å²) in [5, 5.41) is 3.17. The number of nitrogens with zero attached hydrogens (tertiary/aromatic N) is 2. The average Bonchev–Trinajstić information content (AvgIpc) is 3.49. The lowest BCUT2D eigenvalue weighted by atomic mass is 9.94. The molecule has 34 heavy (non-hydrogen) atoms. The van der Waals surface area contributed by atoms with Crippen LogP contribution in [-0.2, 0) is 19.4 Å². The maximum atomic E-state index is 14.0. The van der Waals surface area contributed by atoms with Gasteiger partial charge in [-0.1, -0.05) is 24.3 Å². The van der Waals surface area contributed by atoms with Crippen molar-refractivity contribution in [1.29, 1.82) is 0 Å². The molecule has 0 bridgehead atoms. The molecule has 4 aromatic rings. The second-order valence-electron chi connectivity index (χ2n) is 8.54. The monoisotopic (exact) mass is 474 g/mol. The van der Waals surface area contributed by atoms with E-state index in [0.717, 1.165) is 52.9 Å². The highest BCUT2D eigenvalue weighted by Gasteiger charge is 2.33. The number of carbonyl (C=O) groups excluding carboxylic acids is 1. The molecule has 5 nitrogen and oxygen atoms in total. The second-order valence-corrected chi connectivity index (χ2v) is 9.49. The van der Waals surface area contributed by atoms with E-state index in [1.54, 1.807) is 18.4 Å². The van der Waals surface area contributed by atoms with Gasteiger partial charge in [-0.25, -0.2) is 0 Å². The van der Waals surface area contributed by atoms with E-state index in [0.29, 0.717) is 13.2 Å². The predicted molar refractivity (Wildman–Crippen MR) is 137 cm³/mol. The Morgan fingerprint density at radius 3 is 2.76 bits per heavy atom. The van der Waals surface area contributed by atoms with Crippen molar-refractivity contribution in [2.24, 2.45) is 0 Å². The van der Waals surface area contributed by atoms with E-state index in [4.69, 9.17) is 9.47 Å². The molecular weight excluding hydrogens is 444 g/mol. The smallest absolute Gasteiger partial charge is 0.256 e. The summed E-state index contributed by atoms with van der Waals surface area (Å²) >= 11 is 1.75. The number of aromatic nitrogens is 1. The Hall–Kier alpha value is -3.25. The Balaban J connectivity index is 1.53. The summed E-state index contributed by atoms with van der Waals surface area (Å²) in [7, 11) is 1.66. The molecule has 0 spiro atoms. The summed E-state index contributed by atoms with van der Waals surface area (Å²) in [6.07, 6.45) is 3.64. The van der Waals surface area contributed by atoms with Crippen molar-refractivity contribution in [3.8, 4) is 11.5 Å². The first-order valence-electron chi connectivity index (χ1n) is 11.9. The molecule has 0 aliphatic carbocycles. The summed E-state index contributed by atoms with van der Waals surface area (Å²) in [5.74, 6) is 1.57. The molecule has 6 heteroatoms. The van der Waals surface area contributed by atoms with Crippen molar-refractivity contribution in [2.75, 3.05) is 20.3 Å². The van der Waals surface area contributed by atoms with Crippen LogP contribution in [0.1, 0.15) is 46.3 Å². The van der Waals surface area contributed by atoms with E-state index in [1.165, 1.54) is 10.4 Å². The first kappa shape index (κ1) is 22.5. The van der Waals surface area contributed by atoms with E-state index in [9.17, 15) is 4.79 Å². The van der Waals surface area contributed by atoms with Crippen molar-refractivity contribution in [1.82, 2.24) is 9.47 Å². The first-order valence-corrected chi connectivity index (χ1v) is 12.8. The number of benzene rings is 2. The van der Waals surface area contributed by atoms with Crippen LogP contribution in [0, 0.1) is 0 Å². The normalized spacial score (nSPS) is 15.4. The molecule has 3 heterocycles. The van der Waals surface area contributed by atoms with Crippen LogP contribution in [0.15, 0.2) is 60.1 Å². The van der Waals surface area contributed by atoms with Gasteiger partial charge in [0.2, 0.25) is 0 Å². The Bertz CT molecular complexity index is 1320. The molecule has 0 radical (unpaired) electrons. The SMILES string of the molecule is CCOc1cc(CC2c3sccc3CCN2C(=O)c2cn(CC)c3ccccc23)ccc1OC. The van der Waals surface area contributed by atoms with Gasteiger partial charge < -0.3 is 18.9 Å². The molecule has 1 aliphatic heterocycles. The van der Waals surface area contributed by atoms with Gasteiger partial charge in [-0.3, -0.25) is 4.79 Å². The Morgan fingerprint density at radius 2 is 1.97 bits per heavy atom. The summed E-state index contributed by atoms with van der Waals surface area (Å²) < 4.78 is 13.4. The van der Waals surface area contributed by atoms with Crippen molar-refractivity contribution in [3.05, 3.63) is 81.7 Å². The van der Waals surface area contributed by atoms with Crippen LogP contribution in [0.3, 0.4) is 0 Å². The van der Waals surface area contributed by atoms with Gasteiger partial charge in [0.25, 0.3) is 5.91 Å². The minimum Gasteiger partial charge on any atom is -0.493 e. The van der Waals surface area contributed by atoms with Gasteiger partial charge in [0, 0.05) is 35.1 Å². The molecule has 5 rings (SSSR count). The summed E-state index contributed by atoms with van der Waals surface area (Å²) in [6.45, 7) is 6.20. The Kier molecular flexibility index (Phi) is 6.33. The number of methoxy groups -OCH3 is 1. The number of ether oxygens (including phenoxy) is 2. The molecule has 1 unspecified atom stereocenters. The van der Waals surface area contributed by atoms with Gasteiger partial charge >= 0.3 is 0 Å². The van der Waals surface area contributed by atoms with Gasteiger partial charge in [0.05, 0.1) is 25.3 Å². The Labute approximate surface area is 204 Å². The minimum absolute atomic E-state index is 0.0112. The third kappa shape index (κ3) is 3.96. The van der Waals surface area contributed by atoms with E-state index in [2.05, 4.69) is 52.1 Å². The van der Waals surface area contributed by atoms with Crippen LogP contribution >= 0.6 is 11.3 Å². The topological polar surface area (TPSA) is 43.7 Å². The third-order valence-corrected chi connectivity index (χ3v) is 7.72. The maximum absolute atomic E-state index is 14.0. The van der Waals surface area contributed by atoms with E-state index in [1.807, 2.05) is 31.3 Å². The van der Waals surface area contributed by atoms with Crippen molar-refractivity contribution in [2.45, 2.75) is 39.3 Å². The lowest BCUT2D eigenvalue weighted by Gasteiger charge is -2.36. The van der Waals surface area contributed by atoms with Crippen LogP contribution < -0.4 is 9.47 Å². The largest absolute Gasteiger partial charge is 0.493 e. The molecule has 176 valence electrons. The van der Waals surface area contributed by atoms with Crippen LogP contribution in [0.25, 0.3) is 10.9 Å². The number of rotatable bonds is 7. The molecule has 2 aromatic carbocycles. The molecule has 1 amide bonds. The summed E-state index contributed by atoms with van der Waals surface area (Å²) in [6, 6.07) is 16.5. The first-order chi connectivity index (χ1) is 16.6. The second kappa shape index (κ2) is 9.55. The number of amides is 1. The number of fused-ring (bicyclic) bond motifs is 2. The summed E-state index contributed by atoms with van der Waals surface area (Å²) in [5.41, 5.74) is 4.38. The zero-order valence-electron chi connectivity index (χ0n) is 19.9. The number of hydrogen-bond donors (Lipinski definition) is 0. The van der Waals surface area contributed by atoms with Crippen molar-refractivity contribution < 1.29 is 14.3 Å². The maximum Gasteiger partial charge on any atom is 0.256 e. The lowest BCUT2D eigenvalue weighted by molar-refractivity contribution is 0.0666. The lowest BCUT2D eigenvalue weighted by Crippen LogP contribution is -2.40. The van der Waals surface area contributed by atoms with Crippen LogP contribution in [-0.4, -0.2) is 35.6 Å². The fourth-order valence-electron chi connectivity index (χ4n) is 5.00. The van der Waals surface area contributed by atoms with E-state index in [-0.39, 0.29) is 11.9 Å². The van der Waals surface area contributed by atoms with Crippen LogP contribution in [0.2, 0.25) is 0 Å². The highest BCUT2D eigenvalue weighted by atomic mass is 32.1. The summed E-state index contributed by atoms with van der Waals surface area (Å²) in [4.78, 5) is 17.4. The highest BCUT2D eigenvalue weighted by molar-refractivity contribution is 7.10. The fraction of sp³-hybridized carbons (Fsp3) is 0.321. The molecule has 0 N–H and O–H groups in total. The number of hydrogen-bond acceptors (Lipinski definition) is 4. The van der Waals surface area contributed by atoms with Gasteiger partial charge in [-0.05, 0) is 67.5 Å². The quantitative estimate of drug-likeness (QED) is 0.324. The highest BCUT2D eigenvalue weighted by Crippen LogP contribution is 2.39. The molecule has 1 atom stereocenters. The number of thiophene rings is 1. The van der Waals surface area contributed by atoms with Crippen molar-refractivity contribution in [3.63, 3.8) is 0 Å². The van der Waals surface area contributed by atoms with E-state index >= 15 is 0 Å². The Morgan fingerprint density at radius 1 is 1.12 bits per heavy atom. The van der Waals surface area contributed by atoms with Gasteiger partial charge in [-0.15, -0.1) is 11.3 Å². The number of para-hydroxylation sites is 1. The fourth-order valence-corrected chi connectivity index (χ4v) is 6.07. The molecule has 0 saturated carbocycles. The molecule has 1 aliphatic rings. The minimum atomic E-state index is -0.0112. The van der Waals surface area contributed by atoms with Crippen molar-refractivity contribution >= 4 is 28.1 Å². The van der Waals surface area contributed by atoms with Gasteiger partial charge in [0.1, 0.15) is 0 Å². The predicted octanol–water partition coefficient (Wildman–Crippen LogP) is 6.11. The molecular formula is C28H30N2O3S.